The van der Waals surface area contributed by atoms with E-state index in [1.165, 1.54) is 16.7 Å². The van der Waals surface area contributed by atoms with Crippen molar-refractivity contribution in [3.63, 3.8) is 0 Å². The molecule has 0 spiro atoms. The number of aryl methyl sites for hydroxylation is 1. The molecule has 2 aliphatic heterocycles. The number of hydrogen-bond donors (Lipinski definition) is 0. The molecule has 2 nitrogen and oxygen atoms in total. The highest BCUT2D eigenvalue weighted by Crippen LogP contribution is 2.49. The molecule has 0 unspecified atom stereocenters. The second kappa shape index (κ2) is 4.68. The van der Waals surface area contributed by atoms with Crippen LogP contribution in [0.5, 0.6) is 0 Å². The highest BCUT2D eigenvalue weighted by atomic mass is 32.1. The molecule has 0 radical (unpaired) electrons. The molecule has 4 rings (SSSR count). The first kappa shape index (κ1) is 14.5. The van der Waals surface area contributed by atoms with E-state index in [-0.39, 0.29) is 11.4 Å². The highest BCUT2D eigenvalue weighted by molar-refractivity contribution is 7.11. The lowest BCUT2D eigenvalue weighted by Crippen LogP contribution is -2.46. The van der Waals surface area contributed by atoms with Crippen molar-refractivity contribution in [1.29, 1.82) is 0 Å². The second-order valence-corrected chi connectivity index (χ2v) is 7.88. The number of rotatable bonds is 1. The zero-order chi connectivity index (χ0) is 16.4. The van der Waals surface area contributed by atoms with Crippen molar-refractivity contribution in [3.8, 4) is 0 Å². The van der Waals surface area contributed by atoms with E-state index in [0.717, 1.165) is 21.7 Å². The average Bonchev–Trinajstić information content (AvgIpc) is 3.05. The third kappa shape index (κ3) is 2.03. The quantitative estimate of drug-likeness (QED) is 0.666. The summed E-state index contributed by atoms with van der Waals surface area (Å²) in [6.45, 7) is 8.45. The van der Waals surface area contributed by atoms with Crippen molar-refractivity contribution in [2.45, 2.75) is 33.2 Å². The molecule has 1 amide bonds. The van der Waals surface area contributed by atoms with Gasteiger partial charge in [0.05, 0.1) is 16.8 Å². The van der Waals surface area contributed by atoms with Crippen molar-refractivity contribution in [1.82, 2.24) is 0 Å². The Morgan fingerprint density at radius 1 is 1.17 bits per heavy atom. The molecule has 1 aromatic carbocycles. The number of allylic oxidation sites excluding steroid dienone is 1. The Hall–Kier alpha value is -2.13. The van der Waals surface area contributed by atoms with E-state index >= 15 is 0 Å². The molecule has 0 aliphatic carbocycles. The lowest BCUT2D eigenvalue weighted by atomic mass is 9.88. The predicted octanol–water partition coefficient (Wildman–Crippen LogP) is 5.14. The Kier molecular flexibility index (Phi) is 2.94. The molecule has 23 heavy (non-hydrogen) atoms. The van der Waals surface area contributed by atoms with Crippen molar-refractivity contribution < 1.29 is 4.79 Å². The normalized spacial score (nSPS) is 20.0. The SMILES string of the molecule is CC1=CC(C)(C)N2C(=O)/C(=C/c3cccs3)c3cc(C)cc1c32. The molecular formula is C20H19NOS. The summed E-state index contributed by atoms with van der Waals surface area (Å²) in [5.74, 6) is 0.106. The lowest BCUT2D eigenvalue weighted by Gasteiger charge is -2.38. The van der Waals surface area contributed by atoms with Crippen LogP contribution in [-0.2, 0) is 4.79 Å². The number of carbonyl (C=O) groups is 1. The van der Waals surface area contributed by atoms with Crippen molar-refractivity contribution >= 4 is 40.2 Å². The summed E-state index contributed by atoms with van der Waals surface area (Å²) in [6.07, 6.45) is 4.23. The van der Waals surface area contributed by atoms with Gasteiger partial charge in [0.15, 0.2) is 0 Å². The van der Waals surface area contributed by atoms with E-state index < -0.39 is 0 Å². The maximum Gasteiger partial charge on any atom is 0.259 e. The molecule has 0 saturated carbocycles. The second-order valence-electron chi connectivity index (χ2n) is 6.90. The molecule has 0 fully saturated rings. The zero-order valence-corrected chi connectivity index (χ0v) is 14.6. The van der Waals surface area contributed by atoms with Crippen LogP contribution in [0.2, 0.25) is 0 Å². The summed E-state index contributed by atoms with van der Waals surface area (Å²) in [5, 5.41) is 2.04. The summed E-state index contributed by atoms with van der Waals surface area (Å²) in [7, 11) is 0. The summed E-state index contributed by atoms with van der Waals surface area (Å²) in [6, 6.07) is 8.40. The number of carbonyl (C=O) groups excluding carboxylic acids is 1. The van der Waals surface area contributed by atoms with Gasteiger partial charge in [-0.3, -0.25) is 9.69 Å². The Morgan fingerprint density at radius 2 is 1.91 bits per heavy atom. The van der Waals surface area contributed by atoms with Crippen LogP contribution >= 0.6 is 11.3 Å². The molecule has 116 valence electrons. The van der Waals surface area contributed by atoms with E-state index in [1.54, 1.807) is 11.3 Å². The molecule has 1 aromatic heterocycles. The Labute approximate surface area is 140 Å². The Balaban J connectivity index is 2.03. The van der Waals surface area contributed by atoms with E-state index in [9.17, 15) is 4.79 Å². The van der Waals surface area contributed by atoms with E-state index in [0.29, 0.717) is 0 Å². The summed E-state index contributed by atoms with van der Waals surface area (Å²) in [4.78, 5) is 16.3. The van der Waals surface area contributed by atoms with Gasteiger partial charge in [0.1, 0.15) is 0 Å². The van der Waals surface area contributed by atoms with Gasteiger partial charge in [0.25, 0.3) is 5.91 Å². The van der Waals surface area contributed by atoms with Gasteiger partial charge in [-0.1, -0.05) is 12.1 Å². The molecule has 0 saturated heterocycles. The van der Waals surface area contributed by atoms with Gasteiger partial charge < -0.3 is 0 Å². The molecule has 0 N–H and O–H groups in total. The van der Waals surface area contributed by atoms with Gasteiger partial charge in [0, 0.05) is 16.0 Å². The molecule has 2 aromatic rings. The fourth-order valence-corrected chi connectivity index (χ4v) is 4.40. The van der Waals surface area contributed by atoms with Crippen molar-refractivity contribution in [3.05, 3.63) is 57.3 Å². The number of benzene rings is 1. The number of anilines is 1. The monoisotopic (exact) mass is 321 g/mol. The zero-order valence-electron chi connectivity index (χ0n) is 13.8. The fourth-order valence-electron chi connectivity index (χ4n) is 3.74. The smallest absolute Gasteiger partial charge is 0.259 e. The third-order valence-electron chi connectivity index (χ3n) is 4.60. The average molecular weight is 321 g/mol. The number of hydrogen-bond acceptors (Lipinski definition) is 2. The van der Waals surface area contributed by atoms with Crippen molar-refractivity contribution in [2.75, 3.05) is 4.90 Å². The summed E-state index contributed by atoms with van der Waals surface area (Å²) >= 11 is 1.66. The minimum Gasteiger partial charge on any atom is -0.298 e. The van der Waals surface area contributed by atoms with Crippen molar-refractivity contribution in [2.24, 2.45) is 0 Å². The molecule has 3 heterocycles. The minimum atomic E-state index is -0.302. The number of thiophene rings is 1. The highest BCUT2D eigenvalue weighted by Gasteiger charge is 2.44. The maximum atomic E-state index is 13.2. The standard InChI is InChI=1S/C20H19NOS/c1-12-8-15-13(2)11-20(3,4)21-18(15)16(9-12)17(19(21)22)10-14-6-5-7-23-14/h5-11H,1-4H3/b17-10+. The predicted molar refractivity (Wildman–Crippen MR) is 98.6 cm³/mol. The fraction of sp³-hybridized carbons (Fsp3) is 0.250. The minimum absolute atomic E-state index is 0.106. The van der Waals surface area contributed by atoms with Gasteiger partial charge in [0.2, 0.25) is 0 Å². The summed E-state index contributed by atoms with van der Waals surface area (Å²) in [5.41, 5.74) is 6.27. The van der Waals surface area contributed by atoms with Gasteiger partial charge in [-0.25, -0.2) is 0 Å². The number of nitrogens with zero attached hydrogens (tertiary/aromatic N) is 1. The third-order valence-corrected chi connectivity index (χ3v) is 5.42. The van der Waals surface area contributed by atoms with E-state index in [2.05, 4.69) is 52.0 Å². The Bertz CT molecular complexity index is 885. The number of amides is 1. The van der Waals surface area contributed by atoms with Crippen LogP contribution in [0.4, 0.5) is 5.69 Å². The van der Waals surface area contributed by atoms with Crippen LogP contribution in [0.3, 0.4) is 0 Å². The van der Waals surface area contributed by atoms with Gasteiger partial charge in [-0.15, -0.1) is 11.3 Å². The molecule has 0 atom stereocenters. The van der Waals surface area contributed by atoms with E-state index in [4.69, 9.17) is 0 Å². The van der Waals surface area contributed by atoms with Crippen LogP contribution < -0.4 is 4.90 Å². The first-order valence-electron chi connectivity index (χ1n) is 7.83. The molecule has 2 aliphatic rings. The van der Waals surface area contributed by atoms with Gasteiger partial charge in [-0.2, -0.15) is 0 Å². The first-order chi connectivity index (χ1) is 10.9. The topological polar surface area (TPSA) is 20.3 Å². The molecular weight excluding hydrogens is 302 g/mol. The maximum absolute atomic E-state index is 13.2. The summed E-state index contributed by atoms with van der Waals surface area (Å²) < 4.78 is 0. The van der Waals surface area contributed by atoms with Crippen LogP contribution in [0.1, 0.15) is 42.3 Å². The lowest BCUT2D eigenvalue weighted by molar-refractivity contribution is -0.113. The van der Waals surface area contributed by atoms with Gasteiger partial charge >= 0.3 is 0 Å². The van der Waals surface area contributed by atoms with Crippen LogP contribution in [0.15, 0.2) is 35.7 Å². The molecule has 0 bridgehead atoms. The first-order valence-corrected chi connectivity index (χ1v) is 8.71. The van der Waals surface area contributed by atoms with Gasteiger partial charge in [-0.05, 0) is 68.5 Å². The van der Waals surface area contributed by atoms with Crippen LogP contribution in [0.25, 0.3) is 17.2 Å². The largest absolute Gasteiger partial charge is 0.298 e. The Morgan fingerprint density at radius 3 is 2.61 bits per heavy atom. The van der Waals surface area contributed by atoms with E-state index in [1.807, 2.05) is 22.4 Å². The molecule has 3 heteroatoms. The van der Waals surface area contributed by atoms with Crippen LogP contribution in [-0.4, -0.2) is 11.4 Å². The van der Waals surface area contributed by atoms with Crippen LogP contribution in [0, 0.1) is 6.92 Å².